The number of rotatable bonds is 3. The van der Waals surface area contributed by atoms with Gasteiger partial charge in [0.05, 0.1) is 18.7 Å². The highest BCUT2D eigenvalue weighted by Gasteiger charge is 2.15. The molecule has 74 valence electrons. The molecule has 0 spiro atoms. The molecule has 1 rings (SSSR count). The number of aromatic nitrogens is 1. The first-order valence-electron chi connectivity index (χ1n) is 4.35. The topological polar surface area (TPSA) is 39.2 Å². The van der Waals surface area contributed by atoms with Gasteiger partial charge >= 0.3 is 5.97 Å². The van der Waals surface area contributed by atoms with Crippen LogP contribution in [0.5, 0.6) is 0 Å². The fraction of sp³-hybridized carbons (Fsp3) is 0.273. The molecule has 14 heavy (non-hydrogen) atoms. The molecule has 1 atom stereocenters. The molecule has 0 saturated heterocycles. The lowest BCUT2D eigenvalue weighted by atomic mass is 10.0. The van der Waals surface area contributed by atoms with E-state index in [4.69, 9.17) is 0 Å². The van der Waals surface area contributed by atoms with Crippen molar-refractivity contribution >= 4 is 12.0 Å². The van der Waals surface area contributed by atoms with Gasteiger partial charge in [0.15, 0.2) is 0 Å². The van der Waals surface area contributed by atoms with E-state index in [-0.39, 0.29) is 11.9 Å². The average molecular weight is 191 g/mol. The Labute approximate surface area is 83.4 Å². The highest BCUT2D eigenvalue weighted by molar-refractivity contribution is 5.77. The molecule has 3 nitrogen and oxygen atoms in total. The number of carbonyl (C=O) groups is 1. The van der Waals surface area contributed by atoms with E-state index in [9.17, 15) is 4.79 Å². The summed E-state index contributed by atoms with van der Waals surface area (Å²) < 4.78 is 4.65. The second-order valence-corrected chi connectivity index (χ2v) is 2.96. The van der Waals surface area contributed by atoms with Crippen molar-refractivity contribution in [3.05, 3.63) is 36.2 Å². The minimum Gasteiger partial charge on any atom is -0.469 e. The van der Waals surface area contributed by atoms with E-state index in [1.54, 1.807) is 25.3 Å². The Balaban J connectivity index is 2.94. The van der Waals surface area contributed by atoms with Crippen LogP contribution < -0.4 is 0 Å². The zero-order valence-electron chi connectivity index (χ0n) is 8.36. The molecule has 0 saturated carbocycles. The fourth-order valence-electron chi connectivity index (χ4n) is 1.16. The number of esters is 1. The van der Waals surface area contributed by atoms with Gasteiger partial charge in [-0.3, -0.25) is 9.78 Å². The van der Waals surface area contributed by atoms with E-state index in [0.29, 0.717) is 0 Å². The highest BCUT2D eigenvalue weighted by Crippen LogP contribution is 2.16. The summed E-state index contributed by atoms with van der Waals surface area (Å²) in [6.07, 6.45) is 3.30. The van der Waals surface area contributed by atoms with E-state index in [1.165, 1.54) is 7.11 Å². The van der Waals surface area contributed by atoms with E-state index >= 15 is 0 Å². The molecule has 0 fully saturated rings. The summed E-state index contributed by atoms with van der Waals surface area (Å²) in [5.74, 6) is -0.507. The predicted octanol–water partition coefficient (Wildman–Crippen LogP) is 2.00. The molecule has 0 aliphatic heterocycles. The van der Waals surface area contributed by atoms with Gasteiger partial charge < -0.3 is 4.74 Å². The van der Waals surface area contributed by atoms with Crippen molar-refractivity contribution in [1.29, 1.82) is 0 Å². The van der Waals surface area contributed by atoms with E-state index in [0.717, 1.165) is 11.3 Å². The number of nitrogens with zero attached hydrogens (tertiary/aromatic N) is 1. The van der Waals surface area contributed by atoms with Crippen LogP contribution in [-0.2, 0) is 9.53 Å². The quantitative estimate of drug-likeness (QED) is 0.686. The molecule has 0 bridgehead atoms. The molecule has 0 aliphatic rings. The van der Waals surface area contributed by atoms with Crippen LogP contribution in [0.25, 0.3) is 6.08 Å². The Hall–Kier alpha value is -1.64. The predicted molar refractivity (Wildman–Crippen MR) is 54.8 cm³/mol. The minimum atomic E-state index is -0.262. The molecule has 0 aliphatic carbocycles. The lowest BCUT2D eigenvalue weighted by molar-refractivity contribution is -0.141. The lowest BCUT2D eigenvalue weighted by Gasteiger charge is -2.09. The van der Waals surface area contributed by atoms with Crippen molar-refractivity contribution in [2.45, 2.75) is 12.8 Å². The van der Waals surface area contributed by atoms with Crippen LogP contribution in [0.1, 0.15) is 24.1 Å². The summed E-state index contributed by atoms with van der Waals surface area (Å²) in [6.45, 7) is 5.42. The Bertz CT molecular complexity index is 347. The van der Waals surface area contributed by atoms with Gasteiger partial charge in [-0.25, -0.2) is 0 Å². The average Bonchev–Trinajstić information content (AvgIpc) is 2.27. The van der Waals surface area contributed by atoms with Crippen LogP contribution in [0.2, 0.25) is 0 Å². The lowest BCUT2D eigenvalue weighted by Crippen LogP contribution is -2.10. The SMILES string of the molecule is C=Cc1cc(C(C)C(=O)OC)ccn1. The Morgan fingerprint density at radius 3 is 3.00 bits per heavy atom. The molecule has 0 N–H and O–H groups in total. The number of pyridine rings is 1. The molecule has 1 aromatic heterocycles. The Morgan fingerprint density at radius 1 is 1.71 bits per heavy atom. The second kappa shape index (κ2) is 4.56. The van der Waals surface area contributed by atoms with Crippen LogP contribution in [0.15, 0.2) is 24.9 Å². The van der Waals surface area contributed by atoms with Crippen molar-refractivity contribution in [2.75, 3.05) is 7.11 Å². The van der Waals surface area contributed by atoms with Crippen molar-refractivity contribution in [1.82, 2.24) is 4.98 Å². The Morgan fingerprint density at radius 2 is 2.43 bits per heavy atom. The number of methoxy groups -OCH3 is 1. The summed E-state index contributed by atoms with van der Waals surface area (Å²) in [6, 6.07) is 3.63. The largest absolute Gasteiger partial charge is 0.469 e. The summed E-state index contributed by atoms with van der Waals surface area (Å²) in [5.41, 5.74) is 1.65. The van der Waals surface area contributed by atoms with Crippen LogP contribution in [0, 0.1) is 0 Å². The second-order valence-electron chi connectivity index (χ2n) is 2.96. The normalized spacial score (nSPS) is 11.9. The van der Waals surface area contributed by atoms with Crippen LogP contribution >= 0.6 is 0 Å². The molecule has 3 heteroatoms. The fourth-order valence-corrected chi connectivity index (χ4v) is 1.16. The van der Waals surface area contributed by atoms with E-state index in [1.807, 2.05) is 6.07 Å². The third kappa shape index (κ3) is 2.19. The third-order valence-corrected chi connectivity index (χ3v) is 2.07. The van der Waals surface area contributed by atoms with Gasteiger partial charge in [0.2, 0.25) is 0 Å². The van der Waals surface area contributed by atoms with Crippen LogP contribution in [0.3, 0.4) is 0 Å². The maximum Gasteiger partial charge on any atom is 0.312 e. The summed E-state index contributed by atoms with van der Waals surface area (Å²) >= 11 is 0. The summed E-state index contributed by atoms with van der Waals surface area (Å²) in [5, 5.41) is 0. The first-order valence-corrected chi connectivity index (χ1v) is 4.35. The number of carbonyl (C=O) groups excluding carboxylic acids is 1. The van der Waals surface area contributed by atoms with Crippen molar-refractivity contribution < 1.29 is 9.53 Å². The zero-order valence-corrected chi connectivity index (χ0v) is 8.36. The van der Waals surface area contributed by atoms with E-state index in [2.05, 4.69) is 16.3 Å². The van der Waals surface area contributed by atoms with Gasteiger partial charge in [-0.15, -0.1) is 0 Å². The Kier molecular flexibility index (Phi) is 3.40. The summed E-state index contributed by atoms with van der Waals surface area (Å²) in [4.78, 5) is 15.3. The monoisotopic (exact) mass is 191 g/mol. The molecule has 1 aromatic rings. The van der Waals surface area contributed by atoms with E-state index < -0.39 is 0 Å². The van der Waals surface area contributed by atoms with Gasteiger partial charge in [0, 0.05) is 6.20 Å². The molecular weight excluding hydrogens is 178 g/mol. The van der Waals surface area contributed by atoms with Crippen molar-refractivity contribution in [2.24, 2.45) is 0 Å². The van der Waals surface area contributed by atoms with Crippen LogP contribution in [0.4, 0.5) is 0 Å². The maximum absolute atomic E-state index is 11.2. The smallest absolute Gasteiger partial charge is 0.312 e. The van der Waals surface area contributed by atoms with Gasteiger partial charge in [-0.2, -0.15) is 0 Å². The molecular formula is C11H13NO2. The van der Waals surface area contributed by atoms with Crippen molar-refractivity contribution in [3.63, 3.8) is 0 Å². The molecule has 1 heterocycles. The molecule has 0 amide bonds. The number of ether oxygens (including phenoxy) is 1. The first-order chi connectivity index (χ1) is 6.69. The summed E-state index contributed by atoms with van der Waals surface area (Å²) in [7, 11) is 1.38. The van der Waals surface area contributed by atoms with Gasteiger partial charge in [-0.1, -0.05) is 6.58 Å². The van der Waals surface area contributed by atoms with Gasteiger partial charge in [0.1, 0.15) is 0 Å². The van der Waals surface area contributed by atoms with Gasteiger partial charge in [-0.05, 0) is 30.7 Å². The van der Waals surface area contributed by atoms with Gasteiger partial charge in [0.25, 0.3) is 0 Å². The number of hydrogen-bond acceptors (Lipinski definition) is 3. The number of hydrogen-bond donors (Lipinski definition) is 0. The zero-order chi connectivity index (χ0) is 10.6. The minimum absolute atomic E-state index is 0.244. The van der Waals surface area contributed by atoms with Crippen LogP contribution in [-0.4, -0.2) is 18.1 Å². The van der Waals surface area contributed by atoms with Crippen molar-refractivity contribution in [3.8, 4) is 0 Å². The molecule has 0 aromatic carbocycles. The third-order valence-electron chi connectivity index (χ3n) is 2.07. The highest BCUT2D eigenvalue weighted by atomic mass is 16.5. The standard InChI is InChI=1S/C11H13NO2/c1-4-10-7-9(5-6-12-10)8(2)11(13)14-3/h4-8H,1H2,2-3H3. The molecule has 1 unspecified atom stereocenters. The first kappa shape index (κ1) is 10.4. The maximum atomic E-state index is 11.2. The molecule has 0 radical (unpaired) electrons.